The molecule has 5 heteroatoms. The predicted octanol–water partition coefficient (Wildman–Crippen LogP) is 2.98. The van der Waals surface area contributed by atoms with Crippen molar-refractivity contribution < 1.29 is 12.9 Å². The van der Waals surface area contributed by atoms with Crippen LogP contribution < -0.4 is 0 Å². The third-order valence-corrected chi connectivity index (χ3v) is 5.83. The second-order valence-corrected chi connectivity index (χ2v) is 7.50. The molecule has 0 saturated carbocycles. The van der Waals surface area contributed by atoms with E-state index in [1.165, 1.54) is 0 Å². The number of hydrogen-bond acceptors (Lipinski definition) is 4. The van der Waals surface area contributed by atoms with Crippen LogP contribution in [0, 0.1) is 6.92 Å². The van der Waals surface area contributed by atoms with Crippen molar-refractivity contribution in [1.82, 2.24) is 5.16 Å². The zero-order valence-electron chi connectivity index (χ0n) is 11.4. The summed E-state index contributed by atoms with van der Waals surface area (Å²) in [7, 11) is -3.26. The van der Waals surface area contributed by atoms with Gasteiger partial charge >= 0.3 is 0 Å². The summed E-state index contributed by atoms with van der Waals surface area (Å²) in [5.41, 5.74) is 2.60. The molecule has 1 aromatic heterocycles. The lowest BCUT2D eigenvalue weighted by Crippen LogP contribution is -2.20. The third-order valence-electron chi connectivity index (χ3n) is 3.77. The molecule has 0 aliphatic heterocycles. The van der Waals surface area contributed by atoms with Crippen LogP contribution in [0.5, 0.6) is 0 Å². The molecule has 0 amide bonds. The van der Waals surface area contributed by atoms with E-state index in [4.69, 9.17) is 4.52 Å². The average molecular weight is 291 g/mol. The van der Waals surface area contributed by atoms with E-state index in [1.54, 1.807) is 13.0 Å². The molecule has 1 atom stereocenters. The maximum absolute atomic E-state index is 12.6. The minimum Gasteiger partial charge on any atom is -0.361 e. The fraction of sp³-hybridized carbons (Fsp3) is 0.400. The first-order valence-electron chi connectivity index (χ1n) is 6.78. The second-order valence-electron chi connectivity index (χ2n) is 5.32. The summed E-state index contributed by atoms with van der Waals surface area (Å²) in [5.74, 6) is 0.586. The zero-order chi connectivity index (χ0) is 14.2. The van der Waals surface area contributed by atoms with E-state index in [1.807, 2.05) is 24.3 Å². The van der Waals surface area contributed by atoms with Gasteiger partial charge in [-0.15, -0.1) is 0 Å². The Balaban J connectivity index is 1.92. The first-order valence-corrected chi connectivity index (χ1v) is 8.49. The molecule has 2 aromatic rings. The molecule has 1 aliphatic carbocycles. The van der Waals surface area contributed by atoms with Gasteiger partial charge in [-0.05, 0) is 37.3 Å². The highest BCUT2D eigenvalue weighted by atomic mass is 32.2. The SMILES string of the molecule is Cc1cc(CS(=O)(=O)[C@H]2CCCc3ccccc32)no1. The molecule has 0 radical (unpaired) electrons. The summed E-state index contributed by atoms with van der Waals surface area (Å²) >= 11 is 0. The Bertz CT molecular complexity index is 718. The molecule has 1 aliphatic rings. The Labute approximate surface area is 118 Å². The summed E-state index contributed by atoms with van der Waals surface area (Å²) in [6.07, 6.45) is 2.57. The van der Waals surface area contributed by atoms with Crippen LogP contribution in [0.25, 0.3) is 0 Å². The van der Waals surface area contributed by atoms with Gasteiger partial charge in [0.25, 0.3) is 0 Å². The van der Waals surface area contributed by atoms with Crippen LogP contribution in [-0.2, 0) is 22.0 Å². The van der Waals surface area contributed by atoms with Gasteiger partial charge in [0.15, 0.2) is 9.84 Å². The maximum atomic E-state index is 12.6. The lowest BCUT2D eigenvalue weighted by atomic mass is 9.91. The Morgan fingerprint density at radius 2 is 2.15 bits per heavy atom. The molecule has 1 heterocycles. The first kappa shape index (κ1) is 13.4. The van der Waals surface area contributed by atoms with Gasteiger partial charge in [0.1, 0.15) is 5.76 Å². The van der Waals surface area contributed by atoms with E-state index >= 15 is 0 Å². The smallest absolute Gasteiger partial charge is 0.163 e. The molecule has 0 N–H and O–H groups in total. The lowest BCUT2D eigenvalue weighted by molar-refractivity contribution is 0.392. The van der Waals surface area contributed by atoms with Crippen LogP contribution in [0.15, 0.2) is 34.9 Å². The Morgan fingerprint density at radius 1 is 1.35 bits per heavy atom. The van der Waals surface area contributed by atoms with Gasteiger partial charge in [0, 0.05) is 6.07 Å². The predicted molar refractivity (Wildman–Crippen MR) is 76.0 cm³/mol. The van der Waals surface area contributed by atoms with Crippen molar-refractivity contribution in [3.05, 3.63) is 52.9 Å². The molecule has 20 heavy (non-hydrogen) atoms. The van der Waals surface area contributed by atoms with Gasteiger partial charge in [-0.3, -0.25) is 0 Å². The van der Waals surface area contributed by atoms with Crippen LogP contribution in [0.1, 0.15) is 40.7 Å². The molecule has 0 spiro atoms. The van der Waals surface area contributed by atoms with Crippen molar-refractivity contribution in [2.75, 3.05) is 0 Å². The molecule has 4 nitrogen and oxygen atoms in total. The van der Waals surface area contributed by atoms with Crippen molar-refractivity contribution >= 4 is 9.84 Å². The monoisotopic (exact) mass is 291 g/mol. The molecule has 106 valence electrons. The summed E-state index contributed by atoms with van der Waals surface area (Å²) < 4.78 is 30.2. The fourth-order valence-electron chi connectivity index (χ4n) is 2.88. The highest BCUT2D eigenvalue weighted by Crippen LogP contribution is 2.36. The van der Waals surface area contributed by atoms with Gasteiger partial charge in [0.2, 0.25) is 0 Å². The van der Waals surface area contributed by atoms with Gasteiger partial charge in [-0.25, -0.2) is 8.42 Å². The minimum atomic E-state index is -3.26. The molecule has 0 fully saturated rings. The molecule has 0 bridgehead atoms. The molecule has 1 aromatic carbocycles. The van der Waals surface area contributed by atoms with E-state index in [0.717, 1.165) is 24.0 Å². The van der Waals surface area contributed by atoms with Crippen molar-refractivity contribution in [1.29, 1.82) is 0 Å². The number of hydrogen-bond donors (Lipinski definition) is 0. The summed E-state index contributed by atoms with van der Waals surface area (Å²) in [6.45, 7) is 1.76. The van der Waals surface area contributed by atoms with Crippen LogP contribution in [0.3, 0.4) is 0 Å². The highest BCUT2D eigenvalue weighted by molar-refractivity contribution is 7.90. The molecule has 0 unspecified atom stereocenters. The van der Waals surface area contributed by atoms with Gasteiger partial charge in [0.05, 0.1) is 16.7 Å². The number of nitrogens with zero attached hydrogens (tertiary/aromatic N) is 1. The normalized spacial score (nSPS) is 18.8. The standard InChI is InChI=1S/C15H17NO3S/c1-11-9-13(16-19-11)10-20(17,18)15-8-4-6-12-5-2-3-7-14(12)15/h2-3,5,7,9,15H,4,6,8,10H2,1H3/t15-/m0/s1. The largest absolute Gasteiger partial charge is 0.361 e. The van der Waals surface area contributed by atoms with Crippen LogP contribution >= 0.6 is 0 Å². The molecular formula is C15H17NO3S. The van der Waals surface area contributed by atoms with Crippen molar-refractivity contribution in [3.8, 4) is 0 Å². The number of aromatic nitrogens is 1. The van der Waals surface area contributed by atoms with Gasteiger partial charge in [-0.2, -0.15) is 0 Å². The van der Waals surface area contributed by atoms with E-state index in [2.05, 4.69) is 5.16 Å². The number of rotatable bonds is 3. The fourth-order valence-corrected chi connectivity index (χ4v) is 4.77. The van der Waals surface area contributed by atoms with Crippen molar-refractivity contribution in [2.45, 2.75) is 37.2 Å². The van der Waals surface area contributed by atoms with Crippen molar-refractivity contribution in [3.63, 3.8) is 0 Å². The van der Waals surface area contributed by atoms with E-state index in [9.17, 15) is 8.42 Å². The summed E-state index contributed by atoms with van der Waals surface area (Å²) in [6, 6.07) is 9.52. The quantitative estimate of drug-likeness (QED) is 0.872. The molecule has 0 saturated heterocycles. The second kappa shape index (κ2) is 5.05. The van der Waals surface area contributed by atoms with Gasteiger partial charge < -0.3 is 4.52 Å². The minimum absolute atomic E-state index is 0.0522. The van der Waals surface area contributed by atoms with Crippen LogP contribution in [-0.4, -0.2) is 13.6 Å². The van der Waals surface area contributed by atoms with Crippen molar-refractivity contribution in [2.24, 2.45) is 0 Å². The number of aryl methyl sites for hydroxylation is 2. The average Bonchev–Trinajstić information content (AvgIpc) is 2.82. The zero-order valence-corrected chi connectivity index (χ0v) is 12.2. The van der Waals surface area contributed by atoms with E-state index in [0.29, 0.717) is 17.9 Å². The molecule has 3 rings (SSSR count). The topological polar surface area (TPSA) is 60.2 Å². The third kappa shape index (κ3) is 2.50. The Morgan fingerprint density at radius 3 is 2.90 bits per heavy atom. The first-order chi connectivity index (χ1) is 9.56. The molecular weight excluding hydrogens is 274 g/mol. The number of fused-ring (bicyclic) bond motifs is 1. The Hall–Kier alpha value is -1.62. The van der Waals surface area contributed by atoms with E-state index in [-0.39, 0.29) is 5.75 Å². The van der Waals surface area contributed by atoms with Gasteiger partial charge in [-0.1, -0.05) is 29.4 Å². The summed E-state index contributed by atoms with van der Waals surface area (Å²) in [4.78, 5) is 0. The van der Waals surface area contributed by atoms with Crippen LogP contribution in [0.2, 0.25) is 0 Å². The lowest BCUT2D eigenvalue weighted by Gasteiger charge is -2.25. The highest BCUT2D eigenvalue weighted by Gasteiger charge is 2.32. The Kier molecular flexibility index (Phi) is 3.38. The van der Waals surface area contributed by atoms with E-state index < -0.39 is 15.1 Å². The number of sulfone groups is 1. The van der Waals surface area contributed by atoms with Crippen LogP contribution in [0.4, 0.5) is 0 Å². The summed E-state index contributed by atoms with van der Waals surface area (Å²) in [5, 5.41) is 3.39. The number of benzene rings is 1. The maximum Gasteiger partial charge on any atom is 0.163 e.